The van der Waals surface area contributed by atoms with Gasteiger partial charge in [0, 0.05) is 24.5 Å². The zero-order valence-corrected chi connectivity index (χ0v) is 8.72. The van der Waals surface area contributed by atoms with E-state index in [1.54, 1.807) is 11.3 Å². The molecule has 14 heavy (non-hydrogen) atoms. The minimum atomic E-state index is 0.479. The molecule has 0 saturated carbocycles. The zero-order chi connectivity index (χ0) is 9.54. The molecule has 0 radical (unpaired) electrons. The Labute approximate surface area is 86.7 Å². The topological polar surface area (TPSA) is 54.7 Å². The highest BCUT2D eigenvalue weighted by Crippen LogP contribution is 2.27. The summed E-state index contributed by atoms with van der Waals surface area (Å²) in [5, 5.41) is 0.708. The number of nitrogens with zero attached hydrogens (tertiary/aromatic N) is 2. The van der Waals surface area contributed by atoms with E-state index in [-0.39, 0.29) is 0 Å². The van der Waals surface area contributed by atoms with Crippen molar-refractivity contribution in [2.75, 3.05) is 25.4 Å². The highest BCUT2D eigenvalue weighted by atomic mass is 32.1. The standard InChI is InChI=1S/C9H13N3OS/c10-9-11-7-4-12(3-6-5-13-6)2-1-8(7)14-9/h6H,1-5H2,(H2,10,11). The monoisotopic (exact) mass is 211 g/mol. The average molecular weight is 211 g/mol. The molecule has 3 rings (SSSR count). The number of rotatable bonds is 2. The van der Waals surface area contributed by atoms with Crippen molar-refractivity contribution in [1.82, 2.24) is 9.88 Å². The van der Waals surface area contributed by atoms with Gasteiger partial charge in [-0.1, -0.05) is 0 Å². The molecule has 1 aromatic rings. The second-order valence-corrected chi connectivity index (χ2v) is 4.98. The third-order valence-electron chi connectivity index (χ3n) is 2.69. The van der Waals surface area contributed by atoms with Crippen LogP contribution in [0.25, 0.3) is 0 Å². The van der Waals surface area contributed by atoms with Crippen molar-refractivity contribution in [1.29, 1.82) is 0 Å². The summed E-state index contributed by atoms with van der Waals surface area (Å²) in [6.07, 6.45) is 1.57. The Hall–Kier alpha value is -0.650. The summed E-state index contributed by atoms with van der Waals surface area (Å²) < 4.78 is 5.22. The van der Waals surface area contributed by atoms with Crippen molar-refractivity contribution in [2.45, 2.75) is 19.1 Å². The number of aromatic nitrogens is 1. The molecule has 0 spiro atoms. The first-order valence-electron chi connectivity index (χ1n) is 4.89. The van der Waals surface area contributed by atoms with E-state index < -0.39 is 0 Å². The van der Waals surface area contributed by atoms with Gasteiger partial charge in [0.05, 0.1) is 18.4 Å². The number of fused-ring (bicyclic) bond motifs is 1. The Morgan fingerprint density at radius 2 is 2.50 bits per heavy atom. The molecule has 5 heteroatoms. The summed E-state index contributed by atoms with van der Waals surface area (Å²) in [6, 6.07) is 0. The van der Waals surface area contributed by atoms with Gasteiger partial charge in [-0.15, -0.1) is 11.3 Å². The molecular formula is C9H13N3OS. The van der Waals surface area contributed by atoms with Crippen molar-refractivity contribution in [3.05, 3.63) is 10.6 Å². The molecule has 0 amide bonds. The molecule has 0 aliphatic carbocycles. The first-order valence-corrected chi connectivity index (χ1v) is 5.71. The second-order valence-electron chi connectivity index (χ2n) is 3.86. The highest BCUT2D eigenvalue weighted by Gasteiger charge is 2.28. The number of nitrogen functional groups attached to an aromatic ring is 1. The van der Waals surface area contributed by atoms with Crippen LogP contribution in [0.3, 0.4) is 0 Å². The lowest BCUT2D eigenvalue weighted by Crippen LogP contribution is -2.33. The first-order chi connectivity index (χ1) is 6.81. The molecule has 1 fully saturated rings. The number of nitrogens with two attached hydrogens (primary N) is 1. The molecule has 2 aliphatic heterocycles. The lowest BCUT2D eigenvalue weighted by molar-refractivity contribution is 0.225. The Bertz CT molecular complexity index is 348. The van der Waals surface area contributed by atoms with Crippen LogP contribution < -0.4 is 5.73 Å². The number of hydrogen-bond donors (Lipinski definition) is 1. The fourth-order valence-corrected chi connectivity index (χ4v) is 2.72. The van der Waals surface area contributed by atoms with Crippen molar-refractivity contribution in [2.24, 2.45) is 0 Å². The fraction of sp³-hybridized carbons (Fsp3) is 0.667. The van der Waals surface area contributed by atoms with Gasteiger partial charge < -0.3 is 10.5 Å². The molecule has 2 aliphatic rings. The third kappa shape index (κ3) is 1.63. The molecular weight excluding hydrogens is 198 g/mol. The van der Waals surface area contributed by atoms with Crippen LogP contribution in [0.5, 0.6) is 0 Å². The van der Waals surface area contributed by atoms with Gasteiger partial charge in [-0.25, -0.2) is 4.98 Å². The fourth-order valence-electron chi connectivity index (χ4n) is 1.89. The van der Waals surface area contributed by atoms with E-state index in [4.69, 9.17) is 10.5 Å². The molecule has 0 bridgehead atoms. The largest absolute Gasteiger partial charge is 0.375 e. The van der Waals surface area contributed by atoms with Gasteiger partial charge >= 0.3 is 0 Å². The van der Waals surface area contributed by atoms with Gasteiger partial charge in [-0.05, 0) is 6.42 Å². The van der Waals surface area contributed by atoms with Gasteiger partial charge in [-0.3, -0.25) is 4.90 Å². The summed E-state index contributed by atoms with van der Waals surface area (Å²) >= 11 is 1.64. The second kappa shape index (κ2) is 3.18. The van der Waals surface area contributed by atoms with Gasteiger partial charge in [0.1, 0.15) is 0 Å². The van der Waals surface area contributed by atoms with Crippen molar-refractivity contribution in [3.63, 3.8) is 0 Å². The molecule has 0 aromatic carbocycles. The van der Waals surface area contributed by atoms with E-state index in [1.165, 1.54) is 10.6 Å². The number of ether oxygens (including phenoxy) is 1. The molecule has 76 valence electrons. The van der Waals surface area contributed by atoms with Gasteiger partial charge in [0.2, 0.25) is 0 Å². The van der Waals surface area contributed by atoms with E-state index in [2.05, 4.69) is 9.88 Å². The Morgan fingerprint density at radius 1 is 1.64 bits per heavy atom. The smallest absolute Gasteiger partial charge is 0.180 e. The molecule has 1 aromatic heterocycles. The van der Waals surface area contributed by atoms with Crippen molar-refractivity contribution < 1.29 is 4.74 Å². The van der Waals surface area contributed by atoms with Gasteiger partial charge in [0.15, 0.2) is 5.13 Å². The summed E-state index contributed by atoms with van der Waals surface area (Å²) in [6.45, 7) is 4.05. The molecule has 2 N–H and O–H groups in total. The Balaban J connectivity index is 1.71. The third-order valence-corrected chi connectivity index (χ3v) is 3.67. The van der Waals surface area contributed by atoms with E-state index >= 15 is 0 Å². The highest BCUT2D eigenvalue weighted by molar-refractivity contribution is 7.15. The van der Waals surface area contributed by atoms with Crippen LogP contribution in [0.1, 0.15) is 10.6 Å². The molecule has 1 unspecified atom stereocenters. The van der Waals surface area contributed by atoms with E-state index in [0.717, 1.165) is 32.7 Å². The number of hydrogen-bond acceptors (Lipinski definition) is 5. The maximum atomic E-state index is 5.68. The zero-order valence-electron chi connectivity index (χ0n) is 7.90. The van der Waals surface area contributed by atoms with Crippen LogP contribution in [0.15, 0.2) is 0 Å². The van der Waals surface area contributed by atoms with Crippen LogP contribution in [0.2, 0.25) is 0 Å². The van der Waals surface area contributed by atoms with E-state index in [1.807, 2.05) is 0 Å². The van der Waals surface area contributed by atoms with Crippen LogP contribution in [-0.4, -0.2) is 35.7 Å². The normalized spacial score (nSPS) is 26.1. The van der Waals surface area contributed by atoms with E-state index in [9.17, 15) is 0 Å². The summed E-state index contributed by atoms with van der Waals surface area (Å²) in [5.74, 6) is 0. The van der Waals surface area contributed by atoms with Gasteiger partial charge in [0.25, 0.3) is 0 Å². The quantitative estimate of drug-likeness (QED) is 0.723. The molecule has 3 heterocycles. The number of epoxide rings is 1. The minimum absolute atomic E-state index is 0.479. The summed E-state index contributed by atoms with van der Waals surface area (Å²) in [4.78, 5) is 8.12. The lowest BCUT2D eigenvalue weighted by atomic mass is 10.2. The lowest BCUT2D eigenvalue weighted by Gasteiger charge is -2.24. The molecule has 4 nitrogen and oxygen atoms in total. The molecule has 1 atom stereocenters. The minimum Gasteiger partial charge on any atom is -0.375 e. The van der Waals surface area contributed by atoms with Crippen LogP contribution in [0.4, 0.5) is 5.13 Å². The van der Waals surface area contributed by atoms with Crippen LogP contribution in [0, 0.1) is 0 Å². The van der Waals surface area contributed by atoms with Crippen molar-refractivity contribution >= 4 is 16.5 Å². The average Bonchev–Trinajstić information content (AvgIpc) is 2.86. The molecule has 1 saturated heterocycles. The van der Waals surface area contributed by atoms with Gasteiger partial charge in [-0.2, -0.15) is 0 Å². The van der Waals surface area contributed by atoms with E-state index in [0.29, 0.717) is 11.2 Å². The maximum Gasteiger partial charge on any atom is 0.180 e. The predicted molar refractivity (Wildman–Crippen MR) is 55.2 cm³/mol. The summed E-state index contributed by atoms with van der Waals surface area (Å²) in [5.41, 5.74) is 6.86. The first kappa shape index (κ1) is 8.64. The van der Waals surface area contributed by atoms with Crippen LogP contribution >= 0.6 is 11.3 Å². The predicted octanol–water partition coefficient (Wildman–Crippen LogP) is 0.482. The Kier molecular flexibility index (Phi) is 1.97. The SMILES string of the molecule is Nc1nc2c(s1)CCN(CC1CO1)C2. The van der Waals surface area contributed by atoms with Crippen LogP contribution in [-0.2, 0) is 17.7 Å². The Morgan fingerprint density at radius 3 is 3.29 bits per heavy atom. The number of anilines is 1. The number of thiazole rings is 1. The maximum absolute atomic E-state index is 5.68. The summed E-state index contributed by atoms with van der Waals surface area (Å²) in [7, 11) is 0. The van der Waals surface area contributed by atoms with Crippen molar-refractivity contribution in [3.8, 4) is 0 Å².